The summed E-state index contributed by atoms with van der Waals surface area (Å²) in [6, 6.07) is 3.87. The molecule has 0 aliphatic rings. The predicted octanol–water partition coefficient (Wildman–Crippen LogP) is 3.11. The maximum atomic E-state index is 13.4. The normalized spacial score (nSPS) is 12.3. The molecule has 3 rings (SSSR count). The largest absolute Gasteiger partial charge is 0.495 e. The summed E-state index contributed by atoms with van der Waals surface area (Å²) in [5.41, 5.74) is 0.0652. The lowest BCUT2D eigenvalue weighted by Crippen LogP contribution is -2.42. The van der Waals surface area contributed by atoms with Gasteiger partial charge in [-0.25, -0.2) is 18.7 Å². The van der Waals surface area contributed by atoms with E-state index in [9.17, 15) is 13.6 Å². The van der Waals surface area contributed by atoms with E-state index < -0.39 is 5.92 Å². The van der Waals surface area contributed by atoms with Crippen LogP contribution in [0.5, 0.6) is 11.6 Å². The number of carbonyl (C=O) groups is 1. The van der Waals surface area contributed by atoms with Crippen LogP contribution in [0.1, 0.15) is 36.7 Å². The smallest absolute Gasteiger partial charge is 0.272 e. The Bertz CT molecular complexity index is 1040. The third-order valence-electron chi connectivity index (χ3n) is 4.77. The molecule has 0 aromatic carbocycles. The van der Waals surface area contributed by atoms with E-state index >= 15 is 0 Å². The molecule has 170 valence electrons. The molecule has 0 aliphatic carbocycles. The van der Waals surface area contributed by atoms with Crippen LogP contribution >= 0.6 is 0 Å². The highest BCUT2D eigenvalue weighted by molar-refractivity contribution is 5.97. The summed E-state index contributed by atoms with van der Waals surface area (Å²) in [5, 5.41) is 8.12. The molecular weight excluding hydrogens is 422 g/mol. The average Bonchev–Trinajstić information content (AvgIpc) is 3.32. The van der Waals surface area contributed by atoms with Crippen molar-refractivity contribution in [1.82, 2.24) is 29.9 Å². The lowest BCUT2D eigenvalue weighted by molar-refractivity contribution is 0.0169. The highest BCUT2D eigenvalue weighted by atomic mass is 19.3. The standard InChI is InChI=1S/C21H24F2N6O3/c1-5-28(14(2)13-32-18-7-6-15(11-24-18)21(3,22)23)20(30)17-10-16(31-4)12-25-19(17)29-26-8-9-27-29/h6-12,14H,5,13H2,1-4H3/t14-/m0/s1. The van der Waals surface area contributed by atoms with Crippen LogP contribution < -0.4 is 9.47 Å². The molecule has 3 heterocycles. The molecule has 3 aromatic heterocycles. The van der Waals surface area contributed by atoms with Crippen LogP contribution in [0.2, 0.25) is 0 Å². The molecule has 3 aromatic rings. The number of amides is 1. The fourth-order valence-electron chi connectivity index (χ4n) is 3.02. The molecule has 0 radical (unpaired) electrons. The number of alkyl halides is 2. The zero-order valence-electron chi connectivity index (χ0n) is 18.2. The minimum Gasteiger partial charge on any atom is -0.495 e. The van der Waals surface area contributed by atoms with Crippen molar-refractivity contribution in [3.63, 3.8) is 0 Å². The van der Waals surface area contributed by atoms with E-state index in [1.807, 2.05) is 13.8 Å². The highest BCUT2D eigenvalue weighted by Crippen LogP contribution is 2.27. The van der Waals surface area contributed by atoms with Gasteiger partial charge in [0.15, 0.2) is 5.82 Å². The lowest BCUT2D eigenvalue weighted by atomic mass is 10.1. The number of hydrogen-bond donors (Lipinski definition) is 0. The number of halogens is 2. The minimum atomic E-state index is -2.98. The summed E-state index contributed by atoms with van der Waals surface area (Å²) in [5.74, 6) is -2.41. The van der Waals surface area contributed by atoms with Crippen molar-refractivity contribution < 1.29 is 23.0 Å². The van der Waals surface area contributed by atoms with Crippen molar-refractivity contribution in [2.45, 2.75) is 32.7 Å². The van der Waals surface area contributed by atoms with Crippen molar-refractivity contribution in [3.05, 3.63) is 54.1 Å². The maximum Gasteiger partial charge on any atom is 0.272 e. The Hall–Kier alpha value is -3.63. The van der Waals surface area contributed by atoms with Gasteiger partial charge in [0, 0.05) is 31.3 Å². The molecule has 1 amide bonds. The van der Waals surface area contributed by atoms with E-state index in [1.165, 1.54) is 42.6 Å². The van der Waals surface area contributed by atoms with Crippen molar-refractivity contribution >= 4 is 5.91 Å². The second-order valence-electron chi connectivity index (χ2n) is 7.09. The van der Waals surface area contributed by atoms with Crippen molar-refractivity contribution in [2.75, 3.05) is 20.3 Å². The molecule has 0 saturated heterocycles. The summed E-state index contributed by atoms with van der Waals surface area (Å²) >= 11 is 0. The van der Waals surface area contributed by atoms with E-state index in [1.54, 1.807) is 11.0 Å². The number of nitrogens with zero attached hydrogens (tertiary/aromatic N) is 6. The van der Waals surface area contributed by atoms with Crippen molar-refractivity contribution in [2.24, 2.45) is 0 Å². The zero-order chi connectivity index (χ0) is 23.3. The zero-order valence-corrected chi connectivity index (χ0v) is 18.2. The summed E-state index contributed by atoms with van der Waals surface area (Å²) in [6.45, 7) is 4.96. The van der Waals surface area contributed by atoms with Gasteiger partial charge in [-0.15, -0.1) is 4.80 Å². The summed E-state index contributed by atoms with van der Waals surface area (Å²) in [4.78, 5) is 24.4. The topological polar surface area (TPSA) is 95.3 Å². The lowest BCUT2D eigenvalue weighted by Gasteiger charge is -2.28. The Labute approximate surface area is 184 Å². The molecule has 0 unspecified atom stereocenters. The van der Waals surface area contributed by atoms with Crippen LogP contribution in [0, 0.1) is 0 Å². The molecule has 1 atom stereocenters. The molecule has 0 N–H and O–H groups in total. The first-order chi connectivity index (χ1) is 15.2. The number of ether oxygens (including phenoxy) is 2. The number of hydrogen-bond acceptors (Lipinski definition) is 7. The Morgan fingerprint density at radius 3 is 2.50 bits per heavy atom. The first kappa shape index (κ1) is 23.0. The SMILES string of the molecule is CCN(C(=O)c1cc(OC)cnc1-n1nccn1)[C@@H](C)COc1ccc(C(C)(F)F)cn1. The van der Waals surface area contributed by atoms with E-state index in [0.717, 1.165) is 13.1 Å². The molecule has 32 heavy (non-hydrogen) atoms. The number of methoxy groups -OCH3 is 1. The summed E-state index contributed by atoms with van der Waals surface area (Å²) in [6.07, 6.45) is 5.53. The number of likely N-dealkylation sites (N-methyl/N-ethyl adjacent to an activating group) is 1. The van der Waals surface area contributed by atoms with Gasteiger partial charge in [-0.1, -0.05) is 0 Å². The molecule has 11 heteroatoms. The van der Waals surface area contributed by atoms with Gasteiger partial charge in [0.2, 0.25) is 5.88 Å². The molecule has 0 spiro atoms. The van der Waals surface area contributed by atoms with Crippen LogP contribution in [0.15, 0.2) is 43.0 Å². The number of aromatic nitrogens is 5. The Morgan fingerprint density at radius 2 is 1.94 bits per heavy atom. The van der Waals surface area contributed by atoms with Crippen LogP contribution in [-0.2, 0) is 5.92 Å². The van der Waals surface area contributed by atoms with Gasteiger partial charge >= 0.3 is 0 Å². The van der Waals surface area contributed by atoms with Crippen molar-refractivity contribution in [1.29, 1.82) is 0 Å². The molecule has 9 nitrogen and oxygen atoms in total. The van der Waals surface area contributed by atoms with E-state index in [0.29, 0.717) is 12.3 Å². The van der Waals surface area contributed by atoms with Gasteiger partial charge in [-0.2, -0.15) is 10.2 Å². The molecule has 0 bridgehead atoms. The van der Waals surface area contributed by atoms with Crippen LogP contribution in [0.25, 0.3) is 5.82 Å². The fourth-order valence-corrected chi connectivity index (χ4v) is 3.02. The monoisotopic (exact) mass is 446 g/mol. The molecular formula is C21H24F2N6O3. The van der Waals surface area contributed by atoms with E-state index in [-0.39, 0.29) is 41.4 Å². The Morgan fingerprint density at radius 1 is 1.22 bits per heavy atom. The second kappa shape index (κ2) is 9.67. The molecule has 0 aliphatic heterocycles. The van der Waals surface area contributed by atoms with E-state index in [2.05, 4.69) is 20.2 Å². The average molecular weight is 446 g/mol. The van der Waals surface area contributed by atoms with Crippen molar-refractivity contribution in [3.8, 4) is 17.4 Å². The minimum absolute atomic E-state index is 0.112. The van der Waals surface area contributed by atoms with Gasteiger partial charge in [0.05, 0.1) is 37.3 Å². The summed E-state index contributed by atoms with van der Waals surface area (Å²) in [7, 11) is 1.48. The molecule has 0 fully saturated rings. The third-order valence-corrected chi connectivity index (χ3v) is 4.77. The fraction of sp³-hybridized carbons (Fsp3) is 0.381. The van der Waals surface area contributed by atoms with Gasteiger partial charge in [0.25, 0.3) is 11.8 Å². The Balaban J connectivity index is 1.77. The van der Waals surface area contributed by atoms with Gasteiger partial charge in [-0.3, -0.25) is 4.79 Å². The first-order valence-electron chi connectivity index (χ1n) is 9.93. The Kier molecular flexibility index (Phi) is 6.96. The van der Waals surface area contributed by atoms with E-state index in [4.69, 9.17) is 9.47 Å². The second-order valence-corrected chi connectivity index (χ2v) is 7.09. The number of carbonyl (C=O) groups excluding carboxylic acids is 1. The quantitative estimate of drug-likeness (QED) is 0.498. The van der Waals surface area contributed by atoms with Crippen LogP contribution in [0.3, 0.4) is 0 Å². The third kappa shape index (κ3) is 5.16. The van der Waals surface area contributed by atoms with Gasteiger partial charge in [0.1, 0.15) is 12.4 Å². The molecule has 0 saturated carbocycles. The maximum absolute atomic E-state index is 13.4. The van der Waals surface area contributed by atoms with Gasteiger partial charge in [-0.05, 0) is 26.0 Å². The van der Waals surface area contributed by atoms with Crippen LogP contribution in [-0.4, -0.2) is 62.1 Å². The number of rotatable bonds is 9. The highest BCUT2D eigenvalue weighted by Gasteiger charge is 2.26. The summed E-state index contributed by atoms with van der Waals surface area (Å²) < 4.78 is 37.5. The first-order valence-corrected chi connectivity index (χ1v) is 9.93. The number of pyridine rings is 2. The van der Waals surface area contributed by atoms with Crippen LogP contribution in [0.4, 0.5) is 8.78 Å². The van der Waals surface area contributed by atoms with Gasteiger partial charge < -0.3 is 14.4 Å². The predicted molar refractivity (Wildman–Crippen MR) is 111 cm³/mol.